The molecule has 5 rings (SSSR count). The number of fused-ring (bicyclic) bond motifs is 5. The second-order valence-electron chi connectivity index (χ2n) is 7.17. The number of carbonyl (C=O) groups is 2. The molecule has 0 bridgehead atoms. The number of halogens is 1. The average Bonchev–Trinajstić information content (AvgIpc) is 3.20. The maximum Gasteiger partial charge on any atom is 0.259 e. The second kappa shape index (κ2) is 6.75. The molecule has 0 radical (unpaired) electrons. The number of ether oxygens (including phenoxy) is 1. The van der Waals surface area contributed by atoms with Gasteiger partial charge in [0.25, 0.3) is 11.8 Å². The fourth-order valence-corrected chi connectivity index (χ4v) is 4.40. The van der Waals surface area contributed by atoms with Crippen LogP contribution in [-0.2, 0) is 7.05 Å². The highest BCUT2D eigenvalue weighted by Crippen LogP contribution is 2.42. The maximum atomic E-state index is 12.8. The van der Waals surface area contributed by atoms with Crippen molar-refractivity contribution in [2.75, 3.05) is 6.61 Å². The summed E-state index contributed by atoms with van der Waals surface area (Å²) in [7, 11) is 1.93. The van der Waals surface area contributed by atoms with Crippen LogP contribution in [0.2, 0.25) is 5.02 Å². The van der Waals surface area contributed by atoms with Crippen LogP contribution in [0.5, 0.6) is 5.75 Å². The molecule has 0 spiro atoms. The molecule has 3 aromatic carbocycles. The number of rotatable bonds is 4. The summed E-state index contributed by atoms with van der Waals surface area (Å²) < 4.78 is 7.67. The molecule has 1 N–H and O–H groups in total. The van der Waals surface area contributed by atoms with E-state index in [1.54, 1.807) is 12.1 Å². The largest absolute Gasteiger partial charge is 0.489 e. The molecule has 1 aliphatic heterocycles. The lowest BCUT2D eigenvalue weighted by Gasteiger charge is -2.10. The first-order valence-corrected chi connectivity index (χ1v) is 9.82. The van der Waals surface area contributed by atoms with Gasteiger partial charge >= 0.3 is 0 Å². The van der Waals surface area contributed by atoms with Gasteiger partial charge in [-0.25, -0.2) is 0 Å². The van der Waals surface area contributed by atoms with Crippen molar-refractivity contribution < 1.29 is 14.3 Å². The molecular weight excluding hydrogens is 400 g/mol. The molecule has 4 aromatic rings. The normalized spacial score (nSPS) is 13.0. The van der Waals surface area contributed by atoms with Gasteiger partial charge in [-0.15, -0.1) is 0 Å². The molecule has 6 heteroatoms. The molecule has 5 nitrogen and oxygen atoms in total. The fourth-order valence-electron chi connectivity index (χ4n) is 4.16. The third kappa shape index (κ3) is 2.56. The Hall–Kier alpha value is -3.57. The summed E-state index contributed by atoms with van der Waals surface area (Å²) in [5.41, 5.74) is 3.84. The van der Waals surface area contributed by atoms with Crippen molar-refractivity contribution in [2.24, 2.45) is 7.05 Å². The molecule has 0 fully saturated rings. The number of carbonyl (C=O) groups excluding carboxylic acids is 2. The first-order valence-electron chi connectivity index (χ1n) is 9.44. The average molecular weight is 417 g/mol. The van der Waals surface area contributed by atoms with E-state index in [-0.39, 0.29) is 0 Å². The number of aromatic nitrogens is 1. The summed E-state index contributed by atoms with van der Waals surface area (Å²) >= 11 is 6.44. The summed E-state index contributed by atoms with van der Waals surface area (Å²) in [5.74, 6) is -0.0973. The number of hydrogen-bond donors (Lipinski definition) is 1. The standard InChI is InChI=1S/C24H17ClN2O3/c1-3-10-30-13-8-9-15-18(11-13)27(2)19-12-16(14-6-4-5-7-17(14)25)21-22(20(15)19)24(29)26-23(21)28/h3-9,11-12H,1,10H2,2H3,(H,26,28,29). The molecule has 0 saturated heterocycles. The van der Waals surface area contributed by atoms with Crippen molar-refractivity contribution in [1.82, 2.24) is 9.88 Å². The van der Waals surface area contributed by atoms with Gasteiger partial charge in [0.2, 0.25) is 0 Å². The second-order valence-corrected chi connectivity index (χ2v) is 7.58. The first-order chi connectivity index (χ1) is 14.5. The Balaban J connectivity index is 1.90. The molecule has 1 aromatic heterocycles. The van der Waals surface area contributed by atoms with E-state index in [1.165, 1.54) is 0 Å². The summed E-state index contributed by atoms with van der Waals surface area (Å²) in [6, 6.07) is 14.9. The van der Waals surface area contributed by atoms with E-state index < -0.39 is 11.8 Å². The van der Waals surface area contributed by atoms with Crippen LogP contribution >= 0.6 is 11.6 Å². The van der Waals surface area contributed by atoms with Crippen LogP contribution in [0.1, 0.15) is 20.7 Å². The topological polar surface area (TPSA) is 60.3 Å². The highest BCUT2D eigenvalue weighted by Gasteiger charge is 2.34. The van der Waals surface area contributed by atoms with E-state index in [9.17, 15) is 9.59 Å². The Morgan fingerprint density at radius 3 is 2.57 bits per heavy atom. The number of aryl methyl sites for hydroxylation is 1. The number of nitrogens with zero attached hydrogens (tertiary/aromatic N) is 1. The van der Waals surface area contributed by atoms with Crippen molar-refractivity contribution in [3.8, 4) is 16.9 Å². The fraction of sp³-hybridized carbons (Fsp3) is 0.0833. The lowest BCUT2D eigenvalue weighted by Crippen LogP contribution is -2.20. The van der Waals surface area contributed by atoms with Gasteiger partial charge < -0.3 is 9.30 Å². The van der Waals surface area contributed by atoms with Crippen molar-refractivity contribution in [3.05, 3.63) is 77.3 Å². The Morgan fingerprint density at radius 1 is 1.03 bits per heavy atom. The van der Waals surface area contributed by atoms with Gasteiger partial charge in [-0.05, 0) is 29.8 Å². The Morgan fingerprint density at radius 2 is 1.80 bits per heavy atom. The van der Waals surface area contributed by atoms with E-state index in [1.807, 2.05) is 54.1 Å². The number of imide groups is 1. The number of nitrogens with one attached hydrogen (secondary N) is 1. The summed E-state index contributed by atoms with van der Waals surface area (Å²) in [6.07, 6.45) is 1.68. The van der Waals surface area contributed by atoms with Crippen LogP contribution < -0.4 is 10.1 Å². The summed E-state index contributed by atoms with van der Waals surface area (Å²) in [4.78, 5) is 25.5. The lowest BCUT2D eigenvalue weighted by molar-refractivity contribution is 0.0880. The maximum absolute atomic E-state index is 12.8. The summed E-state index contributed by atoms with van der Waals surface area (Å²) in [6.45, 7) is 4.07. The minimum absolute atomic E-state index is 0.361. The third-order valence-corrected chi connectivity index (χ3v) is 5.81. The van der Waals surface area contributed by atoms with Crippen molar-refractivity contribution in [2.45, 2.75) is 0 Å². The smallest absolute Gasteiger partial charge is 0.259 e. The van der Waals surface area contributed by atoms with Crippen LogP contribution in [0.3, 0.4) is 0 Å². The minimum Gasteiger partial charge on any atom is -0.489 e. The van der Waals surface area contributed by atoms with E-state index >= 15 is 0 Å². The molecule has 148 valence electrons. The Labute approximate surface area is 177 Å². The molecule has 0 saturated carbocycles. The van der Waals surface area contributed by atoms with Crippen molar-refractivity contribution >= 4 is 45.2 Å². The van der Waals surface area contributed by atoms with E-state index in [0.29, 0.717) is 39.6 Å². The van der Waals surface area contributed by atoms with Gasteiger partial charge in [-0.2, -0.15) is 0 Å². The van der Waals surface area contributed by atoms with Crippen molar-refractivity contribution in [1.29, 1.82) is 0 Å². The molecular formula is C24H17ClN2O3. The van der Waals surface area contributed by atoms with Gasteiger partial charge in [0.1, 0.15) is 12.4 Å². The van der Waals surface area contributed by atoms with E-state index in [0.717, 1.165) is 21.8 Å². The van der Waals surface area contributed by atoms with Crippen molar-refractivity contribution in [3.63, 3.8) is 0 Å². The first kappa shape index (κ1) is 18.5. The third-order valence-electron chi connectivity index (χ3n) is 5.48. The summed E-state index contributed by atoms with van der Waals surface area (Å²) in [5, 5.41) is 4.60. The molecule has 0 aliphatic carbocycles. The number of hydrogen-bond acceptors (Lipinski definition) is 3. The Kier molecular flexibility index (Phi) is 4.15. The van der Waals surface area contributed by atoms with Crippen LogP contribution in [0.4, 0.5) is 0 Å². The minimum atomic E-state index is -0.408. The molecule has 0 atom stereocenters. The quantitative estimate of drug-likeness (QED) is 0.372. The van der Waals surface area contributed by atoms with Crippen LogP contribution in [0.15, 0.2) is 61.2 Å². The molecule has 2 heterocycles. The zero-order valence-corrected chi connectivity index (χ0v) is 16.9. The van der Waals surface area contributed by atoms with Gasteiger partial charge in [-0.1, -0.05) is 42.5 Å². The zero-order chi connectivity index (χ0) is 21.0. The molecule has 0 unspecified atom stereocenters. The highest BCUT2D eigenvalue weighted by molar-refractivity contribution is 6.36. The highest BCUT2D eigenvalue weighted by atomic mass is 35.5. The van der Waals surface area contributed by atoms with Gasteiger partial charge in [0, 0.05) is 34.5 Å². The number of amides is 2. The van der Waals surface area contributed by atoms with E-state index in [2.05, 4.69) is 11.9 Å². The van der Waals surface area contributed by atoms with Gasteiger partial charge in [-0.3, -0.25) is 14.9 Å². The van der Waals surface area contributed by atoms with Crippen LogP contribution in [0, 0.1) is 0 Å². The van der Waals surface area contributed by atoms with E-state index in [4.69, 9.17) is 16.3 Å². The predicted molar refractivity (Wildman–Crippen MR) is 118 cm³/mol. The van der Waals surface area contributed by atoms with Gasteiger partial charge in [0.15, 0.2) is 0 Å². The molecule has 30 heavy (non-hydrogen) atoms. The van der Waals surface area contributed by atoms with Crippen LogP contribution in [-0.4, -0.2) is 23.0 Å². The molecule has 1 aliphatic rings. The SMILES string of the molecule is C=CCOc1ccc2c3c4c(c(-c5ccccc5Cl)cc3n(C)c2c1)C(=O)NC4=O. The monoisotopic (exact) mass is 416 g/mol. The number of benzene rings is 3. The zero-order valence-electron chi connectivity index (χ0n) is 16.2. The van der Waals surface area contributed by atoms with Crippen LogP contribution in [0.25, 0.3) is 32.9 Å². The lowest BCUT2D eigenvalue weighted by atomic mass is 9.93. The Bertz CT molecular complexity index is 1400. The molecule has 2 amide bonds. The predicted octanol–water partition coefficient (Wildman–Crippen LogP) is 5.10. The van der Waals surface area contributed by atoms with Gasteiger partial charge in [0.05, 0.1) is 22.2 Å².